The summed E-state index contributed by atoms with van der Waals surface area (Å²) in [4.78, 5) is 11.7. The lowest BCUT2D eigenvalue weighted by Crippen LogP contribution is -2.08. The quantitative estimate of drug-likeness (QED) is 0.696. The van der Waals surface area contributed by atoms with E-state index in [0.29, 0.717) is 5.69 Å². The van der Waals surface area contributed by atoms with Gasteiger partial charge in [-0.1, -0.05) is 17.7 Å². The Balaban J connectivity index is 2.11. The summed E-state index contributed by atoms with van der Waals surface area (Å²) >= 11 is 5.77. The zero-order chi connectivity index (χ0) is 14.7. The van der Waals surface area contributed by atoms with Crippen molar-refractivity contribution in [3.05, 3.63) is 64.2 Å². The third-order valence-corrected chi connectivity index (χ3v) is 2.97. The molecule has 0 aliphatic heterocycles. The van der Waals surface area contributed by atoms with E-state index in [2.05, 4.69) is 0 Å². The van der Waals surface area contributed by atoms with Gasteiger partial charge in [0.05, 0.1) is 21.8 Å². The second kappa shape index (κ2) is 5.88. The number of benzene rings is 2. The molecule has 104 valence electrons. The fraction of sp³-hybridized carbons (Fsp3) is 0.0714. The second-order valence-electron chi connectivity index (χ2n) is 4.01. The SMILES string of the molecule is Nc1ccc(C(=O)OCc2c(F)cccc2F)cc1Cl. The first-order chi connectivity index (χ1) is 9.49. The maximum atomic E-state index is 13.4. The maximum Gasteiger partial charge on any atom is 0.338 e. The Kier molecular flexibility index (Phi) is 4.20. The van der Waals surface area contributed by atoms with Gasteiger partial charge < -0.3 is 10.5 Å². The third-order valence-electron chi connectivity index (χ3n) is 2.65. The van der Waals surface area contributed by atoms with Crippen LogP contribution in [0.2, 0.25) is 5.02 Å². The standard InChI is InChI=1S/C14H10ClF2NO2/c15-10-6-8(4-5-13(10)18)14(19)20-7-9-11(16)2-1-3-12(9)17/h1-6H,7,18H2. The monoisotopic (exact) mass is 297 g/mol. The van der Waals surface area contributed by atoms with E-state index in [0.717, 1.165) is 12.1 Å². The van der Waals surface area contributed by atoms with Gasteiger partial charge in [-0.25, -0.2) is 13.6 Å². The molecular formula is C14H10ClF2NO2. The van der Waals surface area contributed by atoms with E-state index < -0.39 is 24.2 Å². The number of nitrogen functional groups attached to an aromatic ring is 1. The second-order valence-corrected chi connectivity index (χ2v) is 4.42. The molecule has 2 aromatic rings. The van der Waals surface area contributed by atoms with Crippen LogP contribution >= 0.6 is 11.6 Å². The van der Waals surface area contributed by atoms with Crippen molar-refractivity contribution < 1.29 is 18.3 Å². The lowest BCUT2D eigenvalue weighted by Gasteiger charge is -2.07. The molecule has 0 aromatic heterocycles. The Morgan fingerprint density at radius 3 is 2.45 bits per heavy atom. The number of nitrogens with two attached hydrogens (primary N) is 1. The third kappa shape index (κ3) is 3.05. The molecule has 2 aromatic carbocycles. The predicted octanol–water partition coefficient (Wildman–Crippen LogP) is 3.56. The highest BCUT2D eigenvalue weighted by Gasteiger charge is 2.13. The van der Waals surface area contributed by atoms with Crippen molar-refractivity contribution in [2.24, 2.45) is 0 Å². The number of carbonyl (C=O) groups excluding carboxylic acids is 1. The topological polar surface area (TPSA) is 52.3 Å². The van der Waals surface area contributed by atoms with Crippen molar-refractivity contribution in [1.29, 1.82) is 0 Å². The molecule has 0 saturated heterocycles. The summed E-state index contributed by atoms with van der Waals surface area (Å²) in [6.07, 6.45) is 0. The Morgan fingerprint density at radius 1 is 1.20 bits per heavy atom. The number of esters is 1. The molecule has 0 amide bonds. The van der Waals surface area contributed by atoms with E-state index >= 15 is 0 Å². The summed E-state index contributed by atoms with van der Waals surface area (Å²) in [5, 5.41) is 0.205. The maximum absolute atomic E-state index is 13.4. The van der Waals surface area contributed by atoms with Crippen LogP contribution in [0.25, 0.3) is 0 Å². The molecular weight excluding hydrogens is 288 g/mol. The van der Waals surface area contributed by atoms with Gasteiger partial charge in [0, 0.05) is 0 Å². The Hall–Kier alpha value is -2.14. The fourth-order valence-corrected chi connectivity index (χ4v) is 1.73. The minimum Gasteiger partial charge on any atom is -0.457 e. The van der Waals surface area contributed by atoms with Crippen LogP contribution in [0.15, 0.2) is 36.4 Å². The van der Waals surface area contributed by atoms with E-state index in [-0.39, 0.29) is 16.1 Å². The van der Waals surface area contributed by atoms with Crippen molar-refractivity contribution in [1.82, 2.24) is 0 Å². The minimum absolute atomic E-state index is 0.154. The molecule has 2 N–H and O–H groups in total. The van der Waals surface area contributed by atoms with Crippen LogP contribution in [-0.2, 0) is 11.3 Å². The first kappa shape index (κ1) is 14.3. The molecule has 0 aliphatic carbocycles. The molecule has 0 unspecified atom stereocenters. The van der Waals surface area contributed by atoms with E-state index in [1.165, 1.54) is 24.3 Å². The number of hydrogen-bond acceptors (Lipinski definition) is 3. The van der Waals surface area contributed by atoms with Gasteiger partial charge in [0.2, 0.25) is 0 Å². The van der Waals surface area contributed by atoms with Crippen LogP contribution in [0, 0.1) is 11.6 Å². The molecule has 0 atom stereocenters. The molecule has 3 nitrogen and oxygen atoms in total. The van der Waals surface area contributed by atoms with E-state index in [9.17, 15) is 13.6 Å². The molecule has 0 spiro atoms. The van der Waals surface area contributed by atoms with Crippen LogP contribution in [0.5, 0.6) is 0 Å². The average Bonchev–Trinajstić information content (AvgIpc) is 2.41. The van der Waals surface area contributed by atoms with E-state index in [1.807, 2.05) is 0 Å². The average molecular weight is 298 g/mol. The van der Waals surface area contributed by atoms with Crippen molar-refractivity contribution in [2.45, 2.75) is 6.61 Å². The van der Waals surface area contributed by atoms with Gasteiger partial charge in [-0.15, -0.1) is 0 Å². The van der Waals surface area contributed by atoms with Gasteiger partial charge in [-0.05, 0) is 30.3 Å². The highest BCUT2D eigenvalue weighted by atomic mass is 35.5. The van der Waals surface area contributed by atoms with Crippen LogP contribution in [0.4, 0.5) is 14.5 Å². The number of halogens is 3. The number of hydrogen-bond donors (Lipinski definition) is 1. The Labute approximate surface area is 118 Å². The molecule has 0 heterocycles. The normalized spacial score (nSPS) is 10.3. The van der Waals surface area contributed by atoms with Gasteiger partial charge in [0.15, 0.2) is 0 Å². The van der Waals surface area contributed by atoms with Crippen LogP contribution < -0.4 is 5.73 Å². The number of ether oxygens (including phenoxy) is 1. The van der Waals surface area contributed by atoms with Crippen molar-refractivity contribution in [3.8, 4) is 0 Å². The summed E-state index contributed by atoms with van der Waals surface area (Å²) in [5.74, 6) is -2.28. The van der Waals surface area contributed by atoms with Gasteiger partial charge in [0.1, 0.15) is 18.2 Å². The van der Waals surface area contributed by atoms with Crippen molar-refractivity contribution >= 4 is 23.3 Å². The summed E-state index contributed by atoms with van der Waals surface area (Å²) < 4.78 is 31.6. The molecule has 20 heavy (non-hydrogen) atoms. The Bertz CT molecular complexity index is 641. The molecule has 0 fully saturated rings. The number of carbonyl (C=O) groups is 1. The molecule has 0 saturated carbocycles. The fourth-order valence-electron chi connectivity index (χ4n) is 1.55. The van der Waals surface area contributed by atoms with Gasteiger partial charge in [-0.3, -0.25) is 0 Å². The minimum atomic E-state index is -0.770. The molecule has 6 heteroatoms. The lowest BCUT2D eigenvalue weighted by molar-refractivity contribution is 0.0465. The zero-order valence-electron chi connectivity index (χ0n) is 10.2. The number of anilines is 1. The van der Waals surface area contributed by atoms with Gasteiger partial charge >= 0.3 is 5.97 Å². The van der Waals surface area contributed by atoms with E-state index in [4.69, 9.17) is 22.1 Å². The molecule has 0 radical (unpaired) electrons. The first-order valence-electron chi connectivity index (χ1n) is 5.64. The lowest BCUT2D eigenvalue weighted by atomic mass is 10.2. The zero-order valence-corrected chi connectivity index (χ0v) is 11.0. The largest absolute Gasteiger partial charge is 0.457 e. The number of rotatable bonds is 3. The molecule has 0 bridgehead atoms. The van der Waals surface area contributed by atoms with Crippen molar-refractivity contribution in [2.75, 3.05) is 5.73 Å². The van der Waals surface area contributed by atoms with Crippen LogP contribution in [0.3, 0.4) is 0 Å². The highest BCUT2D eigenvalue weighted by Crippen LogP contribution is 2.21. The predicted molar refractivity (Wildman–Crippen MR) is 71.3 cm³/mol. The summed E-state index contributed by atoms with van der Waals surface area (Å²) in [6.45, 7) is -0.501. The molecule has 2 rings (SSSR count). The highest BCUT2D eigenvalue weighted by molar-refractivity contribution is 6.33. The van der Waals surface area contributed by atoms with Gasteiger partial charge in [0.25, 0.3) is 0 Å². The molecule has 0 aliphatic rings. The van der Waals surface area contributed by atoms with Crippen LogP contribution in [-0.4, -0.2) is 5.97 Å². The Morgan fingerprint density at radius 2 is 1.85 bits per heavy atom. The summed E-state index contributed by atoms with van der Waals surface area (Å²) in [6, 6.07) is 7.61. The van der Waals surface area contributed by atoms with Crippen molar-refractivity contribution in [3.63, 3.8) is 0 Å². The van der Waals surface area contributed by atoms with Crippen LogP contribution in [0.1, 0.15) is 15.9 Å². The first-order valence-corrected chi connectivity index (χ1v) is 6.02. The summed E-state index contributed by atoms with van der Waals surface area (Å²) in [7, 11) is 0. The van der Waals surface area contributed by atoms with E-state index in [1.54, 1.807) is 0 Å². The summed E-state index contributed by atoms with van der Waals surface area (Å²) in [5.41, 5.74) is 5.68. The smallest absolute Gasteiger partial charge is 0.338 e. The van der Waals surface area contributed by atoms with Gasteiger partial charge in [-0.2, -0.15) is 0 Å².